The van der Waals surface area contributed by atoms with Crippen LogP contribution in [0.4, 0.5) is 0 Å². The summed E-state index contributed by atoms with van der Waals surface area (Å²) in [6.45, 7) is 3.81. The van der Waals surface area contributed by atoms with Crippen molar-refractivity contribution < 1.29 is 17.9 Å². The van der Waals surface area contributed by atoms with Gasteiger partial charge in [0.2, 0.25) is 5.91 Å². The van der Waals surface area contributed by atoms with Crippen molar-refractivity contribution in [3.63, 3.8) is 0 Å². The van der Waals surface area contributed by atoms with E-state index in [1.165, 1.54) is 6.26 Å². The van der Waals surface area contributed by atoms with E-state index in [9.17, 15) is 13.2 Å². The Morgan fingerprint density at radius 2 is 1.95 bits per heavy atom. The Labute approximate surface area is 131 Å². The highest BCUT2D eigenvalue weighted by Gasteiger charge is 2.12. The third kappa shape index (κ3) is 5.31. The number of hydrogen-bond donors (Lipinski definition) is 1. The van der Waals surface area contributed by atoms with E-state index in [2.05, 4.69) is 10.2 Å². The van der Waals surface area contributed by atoms with Crippen LogP contribution in [0.3, 0.4) is 0 Å². The molecule has 1 aromatic carbocycles. The van der Waals surface area contributed by atoms with Gasteiger partial charge in [0.1, 0.15) is 5.75 Å². The predicted molar refractivity (Wildman–Crippen MR) is 83.7 cm³/mol. The summed E-state index contributed by atoms with van der Waals surface area (Å²) in [5.74, 6) is 0.782. The Hall–Kier alpha value is -1.60. The molecule has 1 N–H and O–H groups in total. The third-order valence-corrected chi connectivity index (χ3v) is 4.67. The number of nitrogens with zero attached hydrogens (tertiary/aromatic N) is 1. The summed E-state index contributed by atoms with van der Waals surface area (Å²) in [5, 5.41) is 2.85. The van der Waals surface area contributed by atoms with Gasteiger partial charge < -0.3 is 15.0 Å². The minimum absolute atomic E-state index is 0.115. The number of ether oxygens (including phenoxy) is 1. The molecule has 122 valence electrons. The fourth-order valence-electron chi connectivity index (χ4n) is 2.30. The number of carbonyl (C=O) groups is 1. The number of benzene rings is 1. The molecule has 1 aliphatic rings. The molecule has 1 amide bonds. The van der Waals surface area contributed by atoms with Gasteiger partial charge in [0.05, 0.1) is 11.5 Å². The highest BCUT2D eigenvalue weighted by atomic mass is 32.2. The van der Waals surface area contributed by atoms with Gasteiger partial charge in [-0.25, -0.2) is 8.42 Å². The fourth-order valence-corrected chi connectivity index (χ4v) is 2.93. The van der Waals surface area contributed by atoms with Crippen molar-refractivity contribution in [3.05, 3.63) is 24.3 Å². The smallest absolute Gasteiger partial charge is 0.221 e. The van der Waals surface area contributed by atoms with Crippen molar-refractivity contribution in [2.24, 2.45) is 0 Å². The standard InChI is InChI=1S/C15H22N2O4S/c1-22(19,20)14-5-3-13(4-6-14)21-12-2-9-17-10-7-15(18)16-8-11-17/h3-6H,2,7-12H2,1H3,(H,16,18). The van der Waals surface area contributed by atoms with E-state index in [1.54, 1.807) is 24.3 Å². The summed E-state index contributed by atoms with van der Waals surface area (Å²) < 4.78 is 28.3. The van der Waals surface area contributed by atoms with E-state index in [0.29, 0.717) is 30.2 Å². The van der Waals surface area contributed by atoms with E-state index in [0.717, 1.165) is 26.1 Å². The molecule has 7 heteroatoms. The van der Waals surface area contributed by atoms with Crippen molar-refractivity contribution in [1.29, 1.82) is 0 Å². The lowest BCUT2D eigenvalue weighted by atomic mass is 10.3. The number of rotatable bonds is 6. The lowest BCUT2D eigenvalue weighted by Gasteiger charge is -2.18. The van der Waals surface area contributed by atoms with Crippen LogP contribution in [0, 0.1) is 0 Å². The van der Waals surface area contributed by atoms with E-state index < -0.39 is 9.84 Å². The van der Waals surface area contributed by atoms with Crippen molar-refractivity contribution in [2.45, 2.75) is 17.7 Å². The summed E-state index contributed by atoms with van der Waals surface area (Å²) in [5.41, 5.74) is 0. The van der Waals surface area contributed by atoms with Crippen molar-refractivity contribution in [1.82, 2.24) is 10.2 Å². The first-order valence-electron chi connectivity index (χ1n) is 7.37. The average Bonchev–Trinajstić information content (AvgIpc) is 2.68. The van der Waals surface area contributed by atoms with E-state index in [-0.39, 0.29) is 5.91 Å². The van der Waals surface area contributed by atoms with Gasteiger partial charge >= 0.3 is 0 Å². The van der Waals surface area contributed by atoms with Crippen LogP contribution in [0.1, 0.15) is 12.8 Å². The van der Waals surface area contributed by atoms with Gasteiger partial charge in [-0.15, -0.1) is 0 Å². The number of nitrogens with one attached hydrogen (secondary N) is 1. The second-order valence-electron chi connectivity index (χ2n) is 5.39. The minimum atomic E-state index is -3.16. The molecular formula is C15H22N2O4S. The Bertz CT molecular complexity index is 598. The molecule has 0 aliphatic carbocycles. The van der Waals surface area contributed by atoms with Crippen LogP contribution >= 0.6 is 0 Å². The molecule has 2 rings (SSSR count). The molecule has 0 unspecified atom stereocenters. The Kier molecular flexibility index (Phi) is 5.79. The van der Waals surface area contributed by atoms with E-state index >= 15 is 0 Å². The molecule has 1 heterocycles. The van der Waals surface area contributed by atoms with Crippen LogP contribution in [0.2, 0.25) is 0 Å². The van der Waals surface area contributed by atoms with Gasteiger partial charge in [-0.05, 0) is 30.7 Å². The molecule has 1 saturated heterocycles. The molecule has 0 aromatic heterocycles. The largest absolute Gasteiger partial charge is 0.494 e. The molecule has 6 nitrogen and oxygen atoms in total. The first-order chi connectivity index (χ1) is 10.4. The zero-order chi connectivity index (χ0) is 16.0. The van der Waals surface area contributed by atoms with Crippen LogP contribution in [-0.4, -0.2) is 58.3 Å². The average molecular weight is 326 g/mol. The highest BCUT2D eigenvalue weighted by Crippen LogP contribution is 2.16. The van der Waals surface area contributed by atoms with E-state index in [1.807, 2.05) is 0 Å². The third-order valence-electron chi connectivity index (χ3n) is 3.54. The first kappa shape index (κ1) is 16.8. The highest BCUT2D eigenvalue weighted by molar-refractivity contribution is 7.90. The zero-order valence-corrected chi connectivity index (χ0v) is 13.6. The molecule has 0 bridgehead atoms. The zero-order valence-electron chi connectivity index (χ0n) is 12.7. The lowest BCUT2D eigenvalue weighted by molar-refractivity contribution is -0.120. The summed E-state index contributed by atoms with van der Waals surface area (Å²) in [6, 6.07) is 6.45. The van der Waals surface area contributed by atoms with Crippen molar-refractivity contribution in [3.8, 4) is 5.75 Å². The monoisotopic (exact) mass is 326 g/mol. The van der Waals surface area contributed by atoms with Crippen LogP contribution in [0.5, 0.6) is 5.75 Å². The molecule has 22 heavy (non-hydrogen) atoms. The van der Waals surface area contributed by atoms with Gasteiger partial charge in [0, 0.05) is 38.9 Å². The molecule has 0 saturated carbocycles. The number of carbonyl (C=O) groups excluding carboxylic acids is 1. The Balaban J connectivity index is 1.71. The van der Waals surface area contributed by atoms with Crippen molar-refractivity contribution >= 4 is 15.7 Å². The quantitative estimate of drug-likeness (QED) is 0.778. The van der Waals surface area contributed by atoms with Gasteiger partial charge in [0.25, 0.3) is 0 Å². The summed E-state index contributed by atoms with van der Waals surface area (Å²) in [7, 11) is -3.16. The molecule has 0 spiro atoms. The number of amides is 1. The molecule has 0 radical (unpaired) electrons. The van der Waals surface area contributed by atoms with Crippen LogP contribution in [-0.2, 0) is 14.6 Å². The predicted octanol–water partition coefficient (Wildman–Crippen LogP) is 0.681. The maximum atomic E-state index is 11.4. The minimum Gasteiger partial charge on any atom is -0.494 e. The molecular weight excluding hydrogens is 304 g/mol. The molecule has 1 aromatic rings. The first-order valence-corrected chi connectivity index (χ1v) is 9.26. The molecule has 1 fully saturated rings. The van der Waals surface area contributed by atoms with Crippen LogP contribution < -0.4 is 10.1 Å². The summed E-state index contributed by atoms with van der Waals surface area (Å²) >= 11 is 0. The normalized spacial score (nSPS) is 16.9. The van der Waals surface area contributed by atoms with Crippen molar-refractivity contribution in [2.75, 3.05) is 39.0 Å². The maximum Gasteiger partial charge on any atom is 0.221 e. The van der Waals surface area contributed by atoms with Gasteiger partial charge in [-0.3, -0.25) is 4.79 Å². The number of hydrogen-bond acceptors (Lipinski definition) is 5. The van der Waals surface area contributed by atoms with E-state index in [4.69, 9.17) is 4.74 Å². The number of sulfone groups is 1. The second kappa shape index (κ2) is 7.60. The van der Waals surface area contributed by atoms with Gasteiger partial charge in [-0.2, -0.15) is 0 Å². The topological polar surface area (TPSA) is 75.7 Å². The fraction of sp³-hybridized carbons (Fsp3) is 0.533. The summed E-state index contributed by atoms with van der Waals surface area (Å²) in [6.07, 6.45) is 2.60. The van der Waals surface area contributed by atoms with Crippen LogP contribution in [0.25, 0.3) is 0 Å². The SMILES string of the molecule is CS(=O)(=O)c1ccc(OCCCN2CCNC(=O)CC2)cc1. The van der Waals surface area contributed by atoms with Crippen LogP contribution in [0.15, 0.2) is 29.2 Å². The molecule has 0 atom stereocenters. The second-order valence-corrected chi connectivity index (χ2v) is 7.40. The lowest BCUT2D eigenvalue weighted by Crippen LogP contribution is -2.30. The van der Waals surface area contributed by atoms with Gasteiger partial charge in [0.15, 0.2) is 9.84 Å². The Morgan fingerprint density at radius 1 is 1.23 bits per heavy atom. The Morgan fingerprint density at radius 3 is 2.64 bits per heavy atom. The van der Waals surface area contributed by atoms with Gasteiger partial charge in [-0.1, -0.05) is 0 Å². The maximum absolute atomic E-state index is 11.4. The molecule has 1 aliphatic heterocycles. The summed E-state index contributed by atoms with van der Waals surface area (Å²) in [4.78, 5) is 13.8.